The second-order valence-electron chi connectivity index (χ2n) is 4.07. The molecule has 1 aromatic carbocycles. The minimum absolute atomic E-state index is 0.107. The summed E-state index contributed by atoms with van der Waals surface area (Å²) in [6, 6.07) is 3.72. The fourth-order valence-corrected chi connectivity index (χ4v) is 3.09. The zero-order valence-electron chi connectivity index (χ0n) is 11.4. The molecule has 0 fully saturated rings. The fraction of sp³-hybridized carbons (Fsp3) is 0.417. The third-order valence-electron chi connectivity index (χ3n) is 2.66. The molecule has 1 atom stereocenters. The van der Waals surface area contributed by atoms with Gasteiger partial charge in [-0.1, -0.05) is 6.92 Å². The number of rotatable bonds is 7. The van der Waals surface area contributed by atoms with Gasteiger partial charge in [-0.2, -0.15) is 11.8 Å². The standard InChI is InChI=1S/C12H17NO5S2/c1-8(19-3)7-13-20(16,17)11-6-9(12(14)15)4-5-10(11)18-2/h4-6,8,13H,7H2,1-3H3,(H,14,15). The van der Waals surface area contributed by atoms with E-state index in [-0.39, 0.29) is 28.0 Å². The number of carboxylic acid groups (broad SMARTS) is 1. The van der Waals surface area contributed by atoms with Crippen LogP contribution < -0.4 is 9.46 Å². The zero-order valence-corrected chi connectivity index (χ0v) is 13.0. The van der Waals surface area contributed by atoms with Crippen LogP contribution in [0.5, 0.6) is 5.75 Å². The van der Waals surface area contributed by atoms with E-state index in [1.807, 2.05) is 13.2 Å². The van der Waals surface area contributed by atoms with E-state index < -0.39 is 16.0 Å². The second kappa shape index (κ2) is 6.96. The van der Waals surface area contributed by atoms with Gasteiger partial charge in [0.1, 0.15) is 10.6 Å². The number of sulfonamides is 1. The first-order valence-corrected chi connectivity index (χ1v) is 8.52. The van der Waals surface area contributed by atoms with Crippen molar-refractivity contribution >= 4 is 27.8 Å². The topological polar surface area (TPSA) is 92.7 Å². The highest BCUT2D eigenvalue weighted by atomic mass is 32.2. The number of ether oxygens (including phenoxy) is 1. The molecule has 1 aromatic rings. The molecule has 0 amide bonds. The Bertz CT molecular complexity index is 586. The highest BCUT2D eigenvalue weighted by Gasteiger charge is 2.21. The Hall–Kier alpha value is -1.25. The van der Waals surface area contributed by atoms with E-state index in [0.717, 1.165) is 6.07 Å². The van der Waals surface area contributed by atoms with Gasteiger partial charge in [-0.3, -0.25) is 0 Å². The van der Waals surface area contributed by atoms with Crippen molar-refractivity contribution in [2.24, 2.45) is 0 Å². The second-order valence-corrected chi connectivity index (χ2v) is 7.08. The van der Waals surface area contributed by atoms with Crippen LogP contribution in [0.3, 0.4) is 0 Å². The van der Waals surface area contributed by atoms with Gasteiger partial charge in [-0.15, -0.1) is 0 Å². The Morgan fingerprint density at radius 1 is 1.50 bits per heavy atom. The molecule has 0 aliphatic rings. The molecule has 1 rings (SSSR count). The van der Waals surface area contributed by atoms with Crippen molar-refractivity contribution in [2.75, 3.05) is 19.9 Å². The Labute approximate surface area is 122 Å². The molecule has 20 heavy (non-hydrogen) atoms. The maximum absolute atomic E-state index is 12.2. The zero-order chi connectivity index (χ0) is 15.3. The van der Waals surface area contributed by atoms with Gasteiger partial charge in [-0.05, 0) is 24.5 Å². The maximum atomic E-state index is 12.2. The molecule has 0 aliphatic carbocycles. The van der Waals surface area contributed by atoms with Gasteiger partial charge in [-0.25, -0.2) is 17.9 Å². The molecule has 0 saturated carbocycles. The lowest BCUT2D eigenvalue weighted by Crippen LogP contribution is -2.30. The van der Waals surface area contributed by atoms with Crippen LogP contribution in [0, 0.1) is 0 Å². The number of hydrogen-bond acceptors (Lipinski definition) is 5. The summed E-state index contributed by atoms with van der Waals surface area (Å²) in [5.74, 6) is -1.08. The van der Waals surface area contributed by atoms with Crippen molar-refractivity contribution in [3.63, 3.8) is 0 Å². The number of aromatic carboxylic acids is 1. The molecule has 0 radical (unpaired) electrons. The van der Waals surface area contributed by atoms with Crippen molar-refractivity contribution in [2.45, 2.75) is 17.1 Å². The predicted octanol–water partition coefficient (Wildman–Crippen LogP) is 1.42. The van der Waals surface area contributed by atoms with E-state index in [9.17, 15) is 13.2 Å². The van der Waals surface area contributed by atoms with Gasteiger partial charge in [0.25, 0.3) is 0 Å². The molecule has 112 valence electrons. The third-order valence-corrected chi connectivity index (χ3v) is 5.08. The molecule has 0 heterocycles. The molecule has 6 nitrogen and oxygen atoms in total. The van der Waals surface area contributed by atoms with Crippen LogP contribution in [-0.2, 0) is 10.0 Å². The summed E-state index contributed by atoms with van der Waals surface area (Å²) in [6.07, 6.45) is 1.88. The van der Waals surface area contributed by atoms with E-state index in [1.165, 1.54) is 31.0 Å². The van der Waals surface area contributed by atoms with Crippen molar-refractivity contribution < 1.29 is 23.1 Å². The quantitative estimate of drug-likeness (QED) is 0.789. The Balaban J connectivity index is 3.14. The molecular weight excluding hydrogens is 302 g/mol. The van der Waals surface area contributed by atoms with Gasteiger partial charge >= 0.3 is 5.97 Å². The highest BCUT2D eigenvalue weighted by Crippen LogP contribution is 2.25. The molecular formula is C12H17NO5S2. The van der Waals surface area contributed by atoms with Gasteiger partial charge in [0.05, 0.1) is 12.7 Å². The molecule has 0 aliphatic heterocycles. The van der Waals surface area contributed by atoms with Crippen molar-refractivity contribution in [1.29, 1.82) is 0 Å². The largest absolute Gasteiger partial charge is 0.495 e. The van der Waals surface area contributed by atoms with E-state index in [4.69, 9.17) is 9.84 Å². The first kappa shape index (κ1) is 16.8. The van der Waals surface area contributed by atoms with Gasteiger partial charge in [0, 0.05) is 11.8 Å². The normalized spacial score (nSPS) is 12.9. The minimum Gasteiger partial charge on any atom is -0.495 e. The lowest BCUT2D eigenvalue weighted by Gasteiger charge is -2.13. The maximum Gasteiger partial charge on any atom is 0.335 e. The van der Waals surface area contributed by atoms with Crippen LogP contribution in [0.25, 0.3) is 0 Å². The van der Waals surface area contributed by atoms with Crippen LogP contribution in [-0.4, -0.2) is 44.7 Å². The number of carbonyl (C=O) groups is 1. The van der Waals surface area contributed by atoms with E-state index in [1.54, 1.807) is 0 Å². The highest BCUT2D eigenvalue weighted by molar-refractivity contribution is 7.99. The number of hydrogen-bond donors (Lipinski definition) is 2. The number of carboxylic acids is 1. The third kappa shape index (κ3) is 4.12. The lowest BCUT2D eigenvalue weighted by atomic mass is 10.2. The Kier molecular flexibility index (Phi) is 5.85. The molecule has 0 bridgehead atoms. The first-order valence-electron chi connectivity index (χ1n) is 5.75. The van der Waals surface area contributed by atoms with Crippen molar-refractivity contribution in [3.8, 4) is 5.75 Å². The van der Waals surface area contributed by atoms with E-state index in [2.05, 4.69) is 4.72 Å². The van der Waals surface area contributed by atoms with Gasteiger partial charge < -0.3 is 9.84 Å². The first-order chi connectivity index (χ1) is 9.31. The van der Waals surface area contributed by atoms with Crippen LogP contribution in [0.4, 0.5) is 0 Å². The molecule has 8 heteroatoms. The van der Waals surface area contributed by atoms with E-state index in [0.29, 0.717) is 0 Å². The number of benzene rings is 1. The summed E-state index contributed by atoms with van der Waals surface area (Å²) in [6.45, 7) is 2.14. The fourth-order valence-electron chi connectivity index (χ4n) is 1.41. The summed E-state index contributed by atoms with van der Waals surface area (Å²) in [7, 11) is -2.48. The SMILES string of the molecule is COc1ccc(C(=O)O)cc1S(=O)(=O)NCC(C)SC. The van der Waals surface area contributed by atoms with Crippen molar-refractivity contribution in [3.05, 3.63) is 23.8 Å². The summed E-state index contributed by atoms with van der Waals surface area (Å²) in [5, 5.41) is 9.05. The monoisotopic (exact) mass is 319 g/mol. The number of nitrogens with one attached hydrogen (secondary N) is 1. The Morgan fingerprint density at radius 3 is 2.65 bits per heavy atom. The van der Waals surface area contributed by atoms with Gasteiger partial charge in [0.2, 0.25) is 10.0 Å². The smallest absolute Gasteiger partial charge is 0.335 e. The summed E-state index contributed by atoms with van der Waals surface area (Å²) in [4.78, 5) is 10.8. The lowest BCUT2D eigenvalue weighted by molar-refractivity contribution is 0.0696. The molecule has 1 unspecified atom stereocenters. The average molecular weight is 319 g/mol. The van der Waals surface area contributed by atoms with E-state index >= 15 is 0 Å². The summed E-state index contributed by atoms with van der Waals surface area (Å²) >= 11 is 1.53. The number of thioether (sulfide) groups is 1. The van der Waals surface area contributed by atoms with Crippen molar-refractivity contribution in [1.82, 2.24) is 4.72 Å². The summed E-state index contributed by atoms with van der Waals surface area (Å²) in [5.41, 5.74) is -0.107. The summed E-state index contributed by atoms with van der Waals surface area (Å²) < 4.78 is 31.9. The minimum atomic E-state index is -3.82. The Morgan fingerprint density at radius 2 is 2.15 bits per heavy atom. The van der Waals surface area contributed by atoms with Gasteiger partial charge in [0.15, 0.2) is 0 Å². The van der Waals surface area contributed by atoms with Crippen LogP contribution >= 0.6 is 11.8 Å². The number of methoxy groups -OCH3 is 1. The molecule has 0 spiro atoms. The average Bonchev–Trinajstić information content (AvgIpc) is 2.43. The molecule has 2 N–H and O–H groups in total. The van der Waals surface area contributed by atoms with Crippen LogP contribution in [0.1, 0.15) is 17.3 Å². The van der Waals surface area contributed by atoms with Crippen LogP contribution in [0.2, 0.25) is 0 Å². The predicted molar refractivity (Wildman–Crippen MR) is 78.1 cm³/mol. The molecule has 0 saturated heterocycles. The molecule has 0 aromatic heterocycles. The van der Waals surface area contributed by atoms with Crippen LogP contribution in [0.15, 0.2) is 23.1 Å².